The van der Waals surface area contributed by atoms with Crippen molar-refractivity contribution in [2.24, 2.45) is 0 Å². The van der Waals surface area contributed by atoms with E-state index in [1.807, 2.05) is 17.5 Å². The molecule has 18 heavy (non-hydrogen) atoms. The molecule has 1 aromatic rings. The van der Waals surface area contributed by atoms with Gasteiger partial charge in [-0.3, -0.25) is 4.79 Å². The number of unbranched alkanes of at least 4 members (excludes halogenated alkanes) is 3. The summed E-state index contributed by atoms with van der Waals surface area (Å²) in [6.45, 7) is 2.82. The average molecular weight is 269 g/mol. The second kappa shape index (κ2) is 8.69. The molecule has 0 radical (unpaired) electrons. The predicted octanol–water partition coefficient (Wildman–Crippen LogP) is 2.49. The number of carbonyl (C=O) groups is 2. The van der Waals surface area contributed by atoms with E-state index in [9.17, 15) is 9.59 Å². The molecule has 0 aromatic carbocycles. The van der Waals surface area contributed by atoms with Crippen LogP contribution in [0.4, 0.5) is 0 Å². The van der Waals surface area contributed by atoms with Gasteiger partial charge in [0.25, 0.3) is 0 Å². The third-order valence-corrected chi connectivity index (χ3v) is 3.30. The van der Waals surface area contributed by atoms with Gasteiger partial charge >= 0.3 is 11.9 Å². The van der Waals surface area contributed by atoms with Crippen molar-refractivity contribution in [2.45, 2.75) is 39.2 Å². The SMILES string of the molecule is CCCCCCOC(=O)C(=O)NCc1cccs1. The van der Waals surface area contributed by atoms with Crippen LogP contribution in [-0.2, 0) is 20.9 Å². The van der Waals surface area contributed by atoms with Gasteiger partial charge in [0.15, 0.2) is 0 Å². The van der Waals surface area contributed by atoms with Crippen LogP contribution in [0.25, 0.3) is 0 Å². The summed E-state index contributed by atoms with van der Waals surface area (Å²) in [6, 6.07) is 3.80. The molecule has 0 unspecified atom stereocenters. The van der Waals surface area contributed by atoms with Gasteiger partial charge < -0.3 is 10.1 Å². The summed E-state index contributed by atoms with van der Waals surface area (Å²) in [5.74, 6) is -1.46. The summed E-state index contributed by atoms with van der Waals surface area (Å²) < 4.78 is 4.87. The van der Waals surface area contributed by atoms with E-state index in [4.69, 9.17) is 4.74 Å². The number of carbonyl (C=O) groups excluding carboxylic acids is 2. The van der Waals surface area contributed by atoms with Crippen molar-refractivity contribution in [1.29, 1.82) is 0 Å². The first-order valence-corrected chi connectivity index (χ1v) is 7.09. The van der Waals surface area contributed by atoms with Crippen LogP contribution in [0.5, 0.6) is 0 Å². The highest BCUT2D eigenvalue weighted by atomic mass is 32.1. The summed E-state index contributed by atoms with van der Waals surface area (Å²) in [5.41, 5.74) is 0. The Kier molecular flexibility index (Phi) is 7.10. The van der Waals surface area contributed by atoms with Gasteiger partial charge in [-0.05, 0) is 17.9 Å². The first-order valence-electron chi connectivity index (χ1n) is 6.21. The molecule has 0 aliphatic heterocycles. The Morgan fingerprint density at radius 2 is 2.17 bits per heavy atom. The molecule has 0 spiro atoms. The van der Waals surface area contributed by atoms with E-state index in [-0.39, 0.29) is 0 Å². The number of nitrogens with one attached hydrogen (secondary N) is 1. The lowest BCUT2D eigenvalue weighted by molar-refractivity contribution is -0.155. The van der Waals surface area contributed by atoms with E-state index in [1.54, 1.807) is 0 Å². The van der Waals surface area contributed by atoms with E-state index >= 15 is 0 Å². The number of thiophene rings is 1. The molecule has 0 atom stereocenters. The largest absolute Gasteiger partial charge is 0.459 e. The van der Waals surface area contributed by atoms with Crippen molar-refractivity contribution in [3.05, 3.63) is 22.4 Å². The minimum Gasteiger partial charge on any atom is -0.459 e. The first-order chi connectivity index (χ1) is 8.74. The fourth-order valence-electron chi connectivity index (χ4n) is 1.41. The topological polar surface area (TPSA) is 55.4 Å². The molecular weight excluding hydrogens is 250 g/mol. The Morgan fingerprint density at radius 3 is 2.83 bits per heavy atom. The van der Waals surface area contributed by atoms with Crippen LogP contribution in [0.2, 0.25) is 0 Å². The Balaban J connectivity index is 2.11. The van der Waals surface area contributed by atoms with Crippen molar-refractivity contribution < 1.29 is 14.3 Å². The number of hydrogen-bond acceptors (Lipinski definition) is 4. The van der Waals surface area contributed by atoms with Crippen LogP contribution in [0.3, 0.4) is 0 Å². The van der Waals surface area contributed by atoms with Gasteiger partial charge in [0.05, 0.1) is 13.2 Å². The molecule has 100 valence electrons. The zero-order valence-electron chi connectivity index (χ0n) is 10.6. The quantitative estimate of drug-likeness (QED) is 0.470. The van der Waals surface area contributed by atoms with Crippen molar-refractivity contribution in [2.75, 3.05) is 6.61 Å². The molecule has 0 saturated heterocycles. The third kappa shape index (κ3) is 5.82. The van der Waals surface area contributed by atoms with Gasteiger partial charge in [-0.2, -0.15) is 0 Å². The molecule has 0 aliphatic carbocycles. The summed E-state index contributed by atoms with van der Waals surface area (Å²) in [7, 11) is 0. The number of esters is 1. The first kappa shape index (κ1) is 14.7. The number of ether oxygens (including phenoxy) is 1. The standard InChI is InChI=1S/C13H19NO3S/c1-2-3-4-5-8-17-13(16)12(15)14-10-11-7-6-9-18-11/h6-7,9H,2-5,8,10H2,1H3,(H,14,15). The maximum Gasteiger partial charge on any atom is 0.396 e. The average Bonchev–Trinajstić information content (AvgIpc) is 2.88. The molecule has 0 bridgehead atoms. The Morgan fingerprint density at radius 1 is 1.33 bits per heavy atom. The third-order valence-electron chi connectivity index (χ3n) is 2.42. The summed E-state index contributed by atoms with van der Waals surface area (Å²) >= 11 is 1.54. The fraction of sp³-hybridized carbons (Fsp3) is 0.538. The van der Waals surface area contributed by atoms with Crippen molar-refractivity contribution in [3.63, 3.8) is 0 Å². The number of amides is 1. The van der Waals surface area contributed by atoms with Crippen LogP contribution < -0.4 is 5.32 Å². The van der Waals surface area contributed by atoms with E-state index in [2.05, 4.69) is 12.2 Å². The van der Waals surface area contributed by atoms with E-state index < -0.39 is 11.9 Å². The van der Waals surface area contributed by atoms with Gasteiger partial charge in [0.2, 0.25) is 0 Å². The van der Waals surface area contributed by atoms with Gasteiger partial charge in [-0.1, -0.05) is 32.3 Å². The Hall–Kier alpha value is -1.36. The molecule has 0 saturated carbocycles. The number of rotatable bonds is 7. The zero-order valence-corrected chi connectivity index (χ0v) is 11.4. The molecule has 1 rings (SSSR count). The monoisotopic (exact) mass is 269 g/mol. The van der Waals surface area contributed by atoms with Crippen molar-refractivity contribution >= 4 is 23.2 Å². The van der Waals surface area contributed by atoms with Crippen LogP contribution in [-0.4, -0.2) is 18.5 Å². The minimum absolute atomic E-state index is 0.325. The molecule has 1 heterocycles. The zero-order chi connectivity index (χ0) is 13.2. The molecule has 1 amide bonds. The Bertz CT molecular complexity index is 362. The highest BCUT2D eigenvalue weighted by Gasteiger charge is 2.14. The van der Waals surface area contributed by atoms with E-state index in [0.717, 1.165) is 30.6 Å². The van der Waals surface area contributed by atoms with Crippen molar-refractivity contribution in [3.8, 4) is 0 Å². The molecular formula is C13H19NO3S. The normalized spacial score (nSPS) is 10.1. The predicted molar refractivity (Wildman–Crippen MR) is 71.3 cm³/mol. The lowest BCUT2D eigenvalue weighted by atomic mass is 10.2. The van der Waals surface area contributed by atoms with Crippen molar-refractivity contribution in [1.82, 2.24) is 5.32 Å². The maximum atomic E-state index is 11.4. The van der Waals surface area contributed by atoms with Crippen LogP contribution in [0, 0.1) is 0 Å². The van der Waals surface area contributed by atoms with Gasteiger partial charge in [-0.15, -0.1) is 11.3 Å². The maximum absolute atomic E-state index is 11.4. The smallest absolute Gasteiger partial charge is 0.396 e. The second-order valence-electron chi connectivity index (χ2n) is 3.96. The van der Waals surface area contributed by atoms with E-state index in [1.165, 1.54) is 11.3 Å². The molecule has 1 N–H and O–H groups in total. The summed E-state index contributed by atoms with van der Waals surface area (Å²) in [5, 5.41) is 4.46. The number of hydrogen-bond donors (Lipinski definition) is 1. The lowest BCUT2D eigenvalue weighted by Gasteiger charge is -2.05. The fourth-order valence-corrected chi connectivity index (χ4v) is 2.06. The van der Waals surface area contributed by atoms with Crippen LogP contribution in [0.1, 0.15) is 37.5 Å². The summed E-state index contributed by atoms with van der Waals surface area (Å²) in [4.78, 5) is 23.7. The minimum atomic E-state index is -0.789. The molecule has 0 aliphatic rings. The summed E-state index contributed by atoms with van der Waals surface area (Å²) in [6.07, 6.45) is 4.11. The van der Waals surface area contributed by atoms with Gasteiger partial charge in [-0.25, -0.2) is 4.79 Å². The molecule has 4 nitrogen and oxygen atoms in total. The molecule has 5 heteroatoms. The van der Waals surface area contributed by atoms with E-state index in [0.29, 0.717) is 13.2 Å². The van der Waals surface area contributed by atoms with Crippen LogP contribution >= 0.6 is 11.3 Å². The molecule has 1 aromatic heterocycles. The van der Waals surface area contributed by atoms with Gasteiger partial charge in [0.1, 0.15) is 0 Å². The van der Waals surface area contributed by atoms with Crippen LogP contribution in [0.15, 0.2) is 17.5 Å². The molecule has 0 fully saturated rings. The second-order valence-corrected chi connectivity index (χ2v) is 4.99. The Labute approximate surface area is 111 Å². The highest BCUT2D eigenvalue weighted by Crippen LogP contribution is 2.07. The highest BCUT2D eigenvalue weighted by molar-refractivity contribution is 7.09. The van der Waals surface area contributed by atoms with Gasteiger partial charge in [0, 0.05) is 4.88 Å². The lowest BCUT2D eigenvalue weighted by Crippen LogP contribution is -2.32.